The smallest absolute Gasteiger partial charge is 0.337 e. The zero-order valence-electron chi connectivity index (χ0n) is 15.2. The number of hydrogen-bond acceptors (Lipinski definition) is 6. The number of nitro benzene ring substituents is 1. The van der Waals surface area contributed by atoms with Gasteiger partial charge in [-0.25, -0.2) is 9.59 Å². The molecule has 144 valence electrons. The average Bonchev–Trinajstić information content (AvgIpc) is 2.66. The van der Waals surface area contributed by atoms with Crippen LogP contribution in [0.2, 0.25) is 0 Å². The molecule has 2 atom stereocenters. The van der Waals surface area contributed by atoms with Crippen molar-refractivity contribution in [2.24, 2.45) is 0 Å². The van der Waals surface area contributed by atoms with Gasteiger partial charge in [0, 0.05) is 29.8 Å². The minimum absolute atomic E-state index is 0.0546. The number of nitrogens with one attached hydrogen (secondary N) is 1. The van der Waals surface area contributed by atoms with Gasteiger partial charge >= 0.3 is 12.0 Å². The molecule has 1 N–H and O–H groups in total. The summed E-state index contributed by atoms with van der Waals surface area (Å²) in [5.74, 6) is 0.0193. The summed E-state index contributed by atoms with van der Waals surface area (Å²) in [6, 6.07) is 10.0. The predicted octanol–water partition coefficient (Wildman–Crippen LogP) is 3.15. The Hall–Kier alpha value is -3.62. The Labute approximate surface area is 160 Å². The summed E-state index contributed by atoms with van der Waals surface area (Å²) in [5.41, 5.74) is 0.468. The molecule has 4 rings (SSSR count). The molecule has 0 aliphatic carbocycles. The summed E-state index contributed by atoms with van der Waals surface area (Å²) < 4.78 is 10.8. The molecule has 0 spiro atoms. The molecular formula is C19H17N3O6. The van der Waals surface area contributed by atoms with Crippen LogP contribution in [-0.2, 0) is 4.74 Å². The van der Waals surface area contributed by atoms with Crippen LogP contribution >= 0.6 is 0 Å². The van der Waals surface area contributed by atoms with Crippen LogP contribution in [0.4, 0.5) is 16.2 Å². The molecular weight excluding hydrogens is 366 g/mol. The lowest BCUT2D eigenvalue weighted by Gasteiger charge is -2.50. The standard InChI is InChI=1S/C19H17N3O6/c1-19-10-15(14-9-13(22(25)26)7-8-16(14)28-19)20-18(24)21(19)12-5-3-11(4-6-12)17(23)27-2/h3-9,15H,10H2,1-2H3,(H,20,24)/t15-,19-/m0/s1. The van der Waals surface area contributed by atoms with E-state index in [2.05, 4.69) is 10.1 Å². The van der Waals surface area contributed by atoms with E-state index in [9.17, 15) is 19.7 Å². The molecule has 28 heavy (non-hydrogen) atoms. The molecule has 2 heterocycles. The number of anilines is 1. The lowest BCUT2D eigenvalue weighted by atomic mass is 9.90. The Kier molecular flexibility index (Phi) is 3.95. The van der Waals surface area contributed by atoms with Crippen LogP contribution in [0, 0.1) is 10.1 Å². The van der Waals surface area contributed by atoms with E-state index in [-0.39, 0.29) is 11.7 Å². The molecule has 0 saturated carbocycles. The van der Waals surface area contributed by atoms with E-state index in [1.807, 2.05) is 0 Å². The summed E-state index contributed by atoms with van der Waals surface area (Å²) in [7, 11) is 1.30. The van der Waals surface area contributed by atoms with Crippen molar-refractivity contribution in [3.05, 3.63) is 63.7 Å². The fourth-order valence-corrected chi connectivity index (χ4v) is 3.73. The minimum Gasteiger partial charge on any atom is -0.467 e. The second kappa shape index (κ2) is 6.22. The van der Waals surface area contributed by atoms with Gasteiger partial charge in [-0.15, -0.1) is 0 Å². The zero-order chi connectivity index (χ0) is 20.1. The topological polar surface area (TPSA) is 111 Å². The minimum atomic E-state index is -0.983. The van der Waals surface area contributed by atoms with E-state index < -0.39 is 22.7 Å². The number of esters is 1. The number of non-ortho nitro benzene ring substituents is 1. The number of urea groups is 1. The molecule has 9 nitrogen and oxygen atoms in total. The highest BCUT2D eigenvalue weighted by molar-refractivity contribution is 5.96. The molecule has 0 unspecified atom stereocenters. The van der Waals surface area contributed by atoms with E-state index in [1.54, 1.807) is 37.3 Å². The number of nitro groups is 1. The number of rotatable bonds is 3. The van der Waals surface area contributed by atoms with E-state index in [0.717, 1.165) is 0 Å². The largest absolute Gasteiger partial charge is 0.467 e. The number of nitrogens with zero attached hydrogens (tertiary/aromatic N) is 2. The highest BCUT2D eigenvalue weighted by Crippen LogP contribution is 2.46. The molecule has 2 bridgehead atoms. The third-order valence-electron chi connectivity index (χ3n) is 5.01. The van der Waals surface area contributed by atoms with Crippen LogP contribution in [0.1, 0.15) is 35.3 Å². The van der Waals surface area contributed by atoms with Crippen molar-refractivity contribution < 1.29 is 24.0 Å². The van der Waals surface area contributed by atoms with Crippen molar-refractivity contribution in [1.82, 2.24) is 5.32 Å². The number of amides is 2. The van der Waals surface area contributed by atoms with Gasteiger partial charge in [-0.1, -0.05) is 0 Å². The molecule has 2 amide bonds. The molecule has 2 aromatic rings. The molecule has 2 aromatic carbocycles. The SMILES string of the molecule is COC(=O)c1ccc(N2C(=O)N[C@H]3C[C@]2(C)Oc2ccc([N+](=O)[O-])cc23)cc1. The third kappa shape index (κ3) is 2.72. The van der Waals surface area contributed by atoms with Gasteiger partial charge in [0.05, 0.1) is 23.6 Å². The lowest BCUT2D eigenvalue weighted by Crippen LogP contribution is -2.65. The first-order chi connectivity index (χ1) is 13.3. The van der Waals surface area contributed by atoms with Gasteiger partial charge in [0.1, 0.15) is 5.75 Å². The number of hydrogen-bond donors (Lipinski definition) is 1. The van der Waals surface area contributed by atoms with E-state index >= 15 is 0 Å². The predicted molar refractivity (Wildman–Crippen MR) is 98.3 cm³/mol. The van der Waals surface area contributed by atoms with Crippen molar-refractivity contribution in [3.8, 4) is 5.75 Å². The number of methoxy groups -OCH3 is 1. The summed E-state index contributed by atoms with van der Waals surface area (Å²) in [4.78, 5) is 36.5. The second-order valence-electron chi connectivity index (χ2n) is 6.84. The third-order valence-corrected chi connectivity index (χ3v) is 5.01. The fraction of sp³-hybridized carbons (Fsp3) is 0.263. The van der Waals surface area contributed by atoms with Gasteiger partial charge in [0.2, 0.25) is 0 Å². The van der Waals surface area contributed by atoms with Crippen molar-refractivity contribution in [2.45, 2.75) is 25.1 Å². The van der Waals surface area contributed by atoms with Gasteiger partial charge in [0.15, 0.2) is 5.72 Å². The number of carbonyl (C=O) groups is 2. The molecule has 1 saturated heterocycles. The van der Waals surface area contributed by atoms with Crippen LogP contribution in [-0.4, -0.2) is 29.8 Å². The molecule has 9 heteroatoms. The maximum absolute atomic E-state index is 12.8. The summed E-state index contributed by atoms with van der Waals surface area (Å²) >= 11 is 0. The average molecular weight is 383 g/mol. The zero-order valence-corrected chi connectivity index (χ0v) is 15.2. The first-order valence-corrected chi connectivity index (χ1v) is 8.59. The summed E-state index contributed by atoms with van der Waals surface area (Å²) in [5, 5.41) is 13.9. The van der Waals surface area contributed by atoms with Gasteiger partial charge < -0.3 is 14.8 Å². The lowest BCUT2D eigenvalue weighted by molar-refractivity contribution is -0.385. The molecule has 2 aliphatic heterocycles. The molecule has 1 fully saturated rings. The van der Waals surface area contributed by atoms with Crippen LogP contribution in [0.25, 0.3) is 0 Å². The Morgan fingerprint density at radius 3 is 2.68 bits per heavy atom. The first kappa shape index (κ1) is 17.8. The van der Waals surface area contributed by atoms with Crippen molar-refractivity contribution in [2.75, 3.05) is 12.0 Å². The first-order valence-electron chi connectivity index (χ1n) is 8.59. The summed E-state index contributed by atoms with van der Waals surface area (Å²) in [6.07, 6.45) is 0.408. The fourth-order valence-electron chi connectivity index (χ4n) is 3.73. The molecule has 0 radical (unpaired) electrons. The van der Waals surface area contributed by atoms with Gasteiger partial charge in [-0.05, 0) is 37.3 Å². The number of benzene rings is 2. The van der Waals surface area contributed by atoms with Crippen molar-refractivity contribution >= 4 is 23.4 Å². The Morgan fingerprint density at radius 1 is 1.32 bits per heavy atom. The molecule has 2 aliphatic rings. The van der Waals surface area contributed by atoms with Crippen LogP contribution in [0.15, 0.2) is 42.5 Å². The Balaban J connectivity index is 1.71. The maximum Gasteiger partial charge on any atom is 0.337 e. The van der Waals surface area contributed by atoms with E-state index in [1.165, 1.54) is 24.1 Å². The Morgan fingerprint density at radius 2 is 2.04 bits per heavy atom. The number of carbonyl (C=O) groups excluding carboxylic acids is 2. The summed E-state index contributed by atoms with van der Waals surface area (Å²) in [6.45, 7) is 1.79. The van der Waals surface area contributed by atoms with Crippen LogP contribution in [0.5, 0.6) is 5.75 Å². The van der Waals surface area contributed by atoms with Crippen molar-refractivity contribution in [1.29, 1.82) is 0 Å². The quantitative estimate of drug-likeness (QED) is 0.495. The van der Waals surface area contributed by atoms with E-state index in [4.69, 9.17) is 4.74 Å². The number of fused-ring (bicyclic) bond motifs is 4. The normalized spacial score (nSPS) is 22.6. The van der Waals surface area contributed by atoms with Gasteiger partial charge in [-0.3, -0.25) is 15.0 Å². The van der Waals surface area contributed by atoms with Gasteiger partial charge in [-0.2, -0.15) is 0 Å². The highest BCUT2D eigenvalue weighted by atomic mass is 16.6. The van der Waals surface area contributed by atoms with E-state index in [0.29, 0.717) is 29.0 Å². The van der Waals surface area contributed by atoms with Crippen molar-refractivity contribution in [3.63, 3.8) is 0 Å². The van der Waals surface area contributed by atoms with Crippen LogP contribution < -0.4 is 15.0 Å². The highest BCUT2D eigenvalue weighted by Gasteiger charge is 2.50. The van der Waals surface area contributed by atoms with Gasteiger partial charge in [0.25, 0.3) is 5.69 Å². The molecule has 0 aromatic heterocycles. The monoisotopic (exact) mass is 383 g/mol. The maximum atomic E-state index is 12.8. The van der Waals surface area contributed by atoms with Crippen LogP contribution in [0.3, 0.4) is 0 Å². The second-order valence-corrected chi connectivity index (χ2v) is 6.84. The number of ether oxygens (including phenoxy) is 2. The Bertz CT molecular complexity index is 990.